The molecule has 1 saturated heterocycles. The third-order valence-corrected chi connectivity index (χ3v) is 1.92. The zero-order chi connectivity index (χ0) is 6.69. The van der Waals surface area contributed by atoms with Gasteiger partial charge in [-0.2, -0.15) is 0 Å². The van der Waals surface area contributed by atoms with Crippen LogP contribution in [0.25, 0.3) is 0 Å². The molecule has 1 heteroatoms. The van der Waals surface area contributed by atoms with Gasteiger partial charge in [0, 0.05) is 0 Å². The Morgan fingerprint density at radius 1 is 1.44 bits per heavy atom. The molecule has 0 amide bonds. The van der Waals surface area contributed by atoms with Crippen LogP contribution < -0.4 is 5.32 Å². The van der Waals surface area contributed by atoms with Crippen LogP contribution in [-0.4, -0.2) is 13.1 Å². The summed E-state index contributed by atoms with van der Waals surface area (Å²) in [5.74, 6) is 2.56. The van der Waals surface area contributed by atoms with Gasteiger partial charge in [0.2, 0.25) is 0 Å². The first-order chi connectivity index (χ1) is 4.29. The minimum absolute atomic E-state index is 0.986. The van der Waals surface area contributed by atoms with Crippen molar-refractivity contribution in [2.24, 2.45) is 5.92 Å². The fourth-order valence-corrected chi connectivity index (χ4v) is 1.05. The van der Waals surface area contributed by atoms with Gasteiger partial charge in [0.25, 0.3) is 0 Å². The van der Waals surface area contributed by atoms with E-state index in [9.17, 15) is 0 Å². The topological polar surface area (TPSA) is 12.0 Å². The van der Waals surface area contributed by atoms with Crippen LogP contribution in [-0.2, 0) is 0 Å². The Morgan fingerprint density at radius 3 is 2.44 bits per heavy atom. The van der Waals surface area contributed by atoms with Crippen molar-refractivity contribution < 1.29 is 0 Å². The van der Waals surface area contributed by atoms with Crippen LogP contribution in [0.3, 0.4) is 0 Å². The molecule has 1 rings (SSSR count). The van der Waals surface area contributed by atoms with E-state index in [2.05, 4.69) is 19.2 Å². The lowest BCUT2D eigenvalue weighted by Gasteiger charge is -2.27. The molecular weight excluding hydrogens is 110 g/mol. The van der Waals surface area contributed by atoms with Gasteiger partial charge in [-0.3, -0.25) is 0 Å². The normalized spacial score (nSPS) is 20.3. The van der Waals surface area contributed by atoms with Crippen LogP contribution in [0.5, 0.6) is 0 Å². The van der Waals surface area contributed by atoms with Crippen molar-refractivity contribution in [1.82, 2.24) is 5.32 Å². The van der Waals surface area contributed by atoms with Gasteiger partial charge in [-0.25, -0.2) is 0 Å². The van der Waals surface area contributed by atoms with Crippen molar-refractivity contribution in [3.8, 4) is 0 Å². The average molecular weight is 126 g/mol. The fraction of sp³-hybridized carbons (Fsp3) is 0.875. The number of hydrogen-bond donors (Lipinski definition) is 1. The van der Waals surface area contributed by atoms with E-state index in [1.165, 1.54) is 25.9 Å². The van der Waals surface area contributed by atoms with Crippen molar-refractivity contribution in [2.45, 2.75) is 26.7 Å². The molecule has 1 heterocycles. The highest BCUT2D eigenvalue weighted by molar-refractivity contribution is 4.82. The summed E-state index contributed by atoms with van der Waals surface area (Å²) < 4.78 is 0. The summed E-state index contributed by atoms with van der Waals surface area (Å²) in [5, 5.41) is 3.28. The van der Waals surface area contributed by atoms with E-state index in [1.54, 1.807) is 5.92 Å². The maximum Gasteiger partial charge on any atom is -0.000825 e. The molecule has 1 N–H and O–H groups in total. The standard InChI is InChI=1S/C8H16N/c1-7(2)3-4-8-5-9-6-8/h8-9H,3-6H2,1-2H3. The SMILES string of the molecule is C[C](C)CCC1CNC1. The van der Waals surface area contributed by atoms with Gasteiger partial charge in [0.1, 0.15) is 0 Å². The summed E-state index contributed by atoms with van der Waals surface area (Å²) in [6.45, 7) is 6.94. The zero-order valence-corrected chi connectivity index (χ0v) is 6.41. The second kappa shape index (κ2) is 3.21. The van der Waals surface area contributed by atoms with Gasteiger partial charge in [-0.1, -0.05) is 13.8 Å². The Bertz CT molecular complexity index is 74.6. The van der Waals surface area contributed by atoms with E-state index >= 15 is 0 Å². The van der Waals surface area contributed by atoms with Crippen LogP contribution in [0.1, 0.15) is 26.7 Å². The number of hydrogen-bond acceptors (Lipinski definition) is 1. The van der Waals surface area contributed by atoms with Crippen LogP contribution in [0, 0.1) is 11.8 Å². The third kappa shape index (κ3) is 2.35. The molecule has 0 aliphatic carbocycles. The molecule has 0 aromatic carbocycles. The quantitative estimate of drug-likeness (QED) is 0.605. The lowest BCUT2D eigenvalue weighted by Crippen LogP contribution is -2.41. The first-order valence-corrected chi connectivity index (χ1v) is 3.79. The summed E-state index contributed by atoms with van der Waals surface area (Å²) >= 11 is 0. The maximum atomic E-state index is 3.28. The predicted molar refractivity (Wildman–Crippen MR) is 40.2 cm³/mol. The highest BCUT2D eigenvalue weighted by Crippen LogP contribution is 2.15. The molecule has 0 bridgehead atoms. The molecule has 1 aliphatic rings. The Hall–Kier alpha value is -0.0400. The maximum absolute atomic E-state index is 3.28. The highest BCUT2D eigenvalue weighted by atomic mass is 14.9. The molecule has 9 heavy (non-hydrogen) atoms. The van der Waals surface area contributed by atoms with Gasteiger partial charge < -0.3 is 5.32 Å². The molecule has 0 spiro atoms. The number of rotatable bonds is 3. The van der Waals surface area contributed by atoms with Crippen molar-refractivity contribution >= 4 is 0 Å². The van der Waals surface area contributed by atoms with Crippen LogP contribution in [0.2, 0.25) is 0 Å². The Morgan fingerprint density at radius 2 is 2.11 bits per heavy atom. The van der Waals surface area contributed by atoms with Gasteiger partial charge in [-0.05, 0) is 37.8 Å². The Labute approximate surface area is 57.8 Å². The molecule has 0 aromatic heterocycles. The summed E-state index contributed by atoms with van der Waals surface area (Å²) in [6, 6.07) is 0. The molecule has 0 unspecified atom stereocenters. The van der Waals surface area contributed by atoms with Crippen LogP contribution >= 0.6 is 0 Å². The zero-order valence-electron chi connectivity index (χ0n) is 6.41. The van der Waals surface area contributed by atoms with E-state index in [0.717, 1.165) is 5.92 Å². The van der Waals surface area contributed by atoms with Gasteiger partial charge in [0.15, 0.2) is 0 Å². The monoisotopic (exact) mass is 126 g/mol. The first-order valence-electron chi connectivity index (χ1n) is 3.79. The molecule has 53 valence electrons. The lowest BCUT2D eigenvalue weighted by atomic mass is 9.94. The summed E-state index contributed by atoms with van der Waals surface area (Å²) in [5.41, 5.74) is 0. The third-order valence-electron chi connectivity index (χ3n) is 1.92. The summed E-state index contributed by atoms with van der Waals surface area (Å²) in [6.07, 6.45) is 2.72. The Balaban J connectivity index is 1.91. The molecule has 0 aromatic rings. The van der Waals surface area contributed by atoms with Crippen LogP contribution in [0.4, 0.5) is 0 Å². The van der Waals surface area contributed by atoms with Crippen molar-refractivity contribution in [1.29, 1.82) is 0 Å². The molecule has 0 atom stereocenters. The molecule has 1 radical (unpaired) electrons. The molecule has 0 saturated carbocycles. The first kappa shape index (κ1) is 7.07. The Kier molecular flexibility index (Phi) is 2.52. The molecule has 1 nitrogen and oxygen atoms in total. The van der Waals surface area contributed by atoms with Crippen molar-refractivity contribution in [2.75, 3.05) is 13.1 Å². The van der Waals surface area contributed by atoms with Crippen molar-refractivity contribution in [3.05, 3.63) is 5.92 Å². The number of nitrogens with one attached hydrogen (secondary N) is 1. The second-order valence-corrected chi connectivity index (χ2v) is 3.27. The van der Waals surface area contributed by atoms with Gasteiger partial charge >= 0.3 is 0 Å². The summed E-state index contributed by atoms with van der Waals surface area (Å²) in [4.78, 5) is 0. The lowest BCUT2D eigenvalue weighted by molar-refractivity contribution is 0.323. The smallest absolute Gasteiger partial charge is 0.000825 e. The minimum Gasteiger partial charge on any atom is -0.316 e. The largest absolute Gasteiger partial charge is 0.316 e. The van der Waals surface area contributed by atoms with E-state index in [1.807, 2.05) is 0 Å². The van der Waals surface area contributed by atoms with E-state index in [4.69, 9.17) is 0 Å². The summed E-state index contributed by atoms with van der Waals surface area (Å²) in [7, 11) is 0. The van der Waals surface area contributed by atoms with Gasteiger partial charge in [-0.15, -0.1) is 0 Å². The van der Waals surface area contributed by atoms with E-state index in [-0.39, 0.29) is 0 Å². The van der Waals surface area contributed by atoms with Crippen LogP contribution in [0.15, 0.2) is 0 Å². The van der Waals surface area contributed by atoms with E-state index in [0.29, 0.717) is 0 Å². The molecular formula is C8H16N. The second-order valence-electron chi connectivity index (χ2n) is 3.27. The van der Waals surface area contributed by atoms with Crippen molar-refractivity contribution in [3.63, 3.8) is 0 Å². The fourth-order valence-electron chi connectivity index (χ4n) is 1.05. The molecule has 1 aliphatic heterocycles. The molecule has 1 fully saturated rings. The van der Waals surface area contributed by atoms with E-state index < -0.39 is 0 Å². The average Bonchev–Trinajstić information content (AvgIpc) is 1.60. The van der Waals surface area contributed by atoms with Gasteiger partial charge in [0.05, 0.1) is 0 Å². The highest BCUT2D eigenvalue weighted by Gasteiger charge is 2.15. The predicted octanol–water partition coefficient (Wildman–Crippen LogP) is 1.60. The minimum atomic E-state index is 0.986.